The van der Waals surface area contributed by atoms with E-state index >= 15 is 0 Å². The number of carbonyl (C=O) groups excluding carboxylic acids is 1. The Morgan fingerprint density at radius 2 is 2.06 bits per heavy atom. The van der Waals surface area contributed by atoms with Crippen LogP contribution in [0.1, 0.15) is 29.2 Å². The summed E-state index contributed by atoms with van der Waals surface area (Å²) in [6.45, 7) is 1.81. The third-order valence-electron chi connectivity index (χ3n) is 2.84. The molecule has 86 valence electrons. The lowest BCUT2D eigenvalue weighted by Gasteiger charge is -2.06. The van der Waals surface area contributed by atoms with Crippen molar-refractivity contribution in [1.82, 2.24) is 15.3 Å². The molecule has 0 unspecified atom stereocenters. The number of benzene rings is 1. The Bertz CT molecular complexity index is 590. The number of nitrogens with one attached hydrogen (secondary N) is 1. The maximum Gasteiger partial charge on any atom is 0.270 e. The number of fused-ring (bicyclic) bond motifs is 1. The summed E-state index contributed by atoms with van der Waals surface area (Å²) in [5.41, 5.74) is 1.31. The van der Waals surface area contributed by atoms with Gasteiger partial charge >= 0.3 is 0 Å². The first-order valence-corrected chi connectivity index (χ1v) is 5.78. The highest BCUT2D eigenvalue weighted by Crippen LogP contribution is 2.21. The molecule has 0 saturated heterocycles. The zero-order chi connectivity index (χ0) is 11.8. The van der Waals surface area contributed by atoms with E-state index < -0.39 is 0 Å². The Labute approximate surface area is 99.1 Å². The molecule has 1 heterocycles. The molecule has 1 aliphatic carbocycles. The summed E-state index contributed by atoms with van der Waals surface area (Å²) in [6.07, 6.45) is 2.15. The van der Waals surface area contributed by atoms with E-state index in [2.05, 4.69) is 15.3 Å². The van der Waals surface area contributed by atoms with Crippen LogP contribution in [0.2, 0.25) is 0 Å². The zero-order valence-electron chi connectivity index (χ0n) is 9.60. The lowest BCUT2D eigenvalue weighted by molar-refractivity contribution is 0.0947. The highest BCUT2D eigenvalue weighted by atomic mass is 16.2. The molecule has 0 atom stereocenters. The van der Waals surface area contributed by atoms with Crippen LogP contribution in [0.15, 0.2) is 24.3 Å². The van der Waals surface area contributed by atoms with Gasteiger partial charge in [0.25, 0.3) is 5.91 Å². The summed E-state index contributed by atoms with van der Waals surface area (Å²) >= 11 is 0. The van der Waals surface area contributed by atoms with Gasteiger partial charge in [0.2, 0.25) is 0 Å². The van der Waals surface area contributed by atoms with E-state index in [4.69, 9.17) is 0 Å². The van der Waals surface area contributed by atoms with Crippen molar-refractivity contribution in [2.75, 3.05) is 0 Å². The average Bonchev–Trinajstić information content (AvgIpc) is 3.11. The Kier molecular flexibility index (Phi) is 2.28. The van der Waals surface area contributed by atoms with E-state index in [0.29, 0.717) is 17.6 Å². The fraction of sp³-hybridized carbons (Fsp3) is 0.308. The first-order valence-electron chi connectivity index (χ1n) is 5.78. The number of aryl methyl sites for hydroxylation is 1. The third-order valence-corrected chi connectivity index (χ3v) is 2.84. The largest absolute Gasteiger partial charge is 0.348 e. The van der Waals surface area contributed by atoms with Gasteiger partial charge in [0.1, 0.15) is 11.5 Å². The minimum atomic E-state index is -0.0887. The first-order chi connectivity index (χ1) is 8.24. The molecule has 1 N–H and O–H groups in total. The second kappa shape index (κ2) is 3.80. The van der Waals surface area contributed by atoms with Crippen LogP contribution in [0.5, 0.6) is 0 Å². The van der Waals surface area contributed by atoms with E-state index in [9.17, 15) is 4.79 Å². The number of para-hydroxylation sites is 1. The molecule has 1 amide bonds. The minimum Gasteiger partial charge on any atom is -0.348 e. The van der Waals surface area contributed by atoms with Gasteiger partial charge in [-0.05, 0) is 25.8 Å². The Hall–Kier alpha value is -1.97. The number of nitrogens with zero attached hydrogens (tertiary/aromatic N) is 2. The summed E-state index contributed by atoms with van der Waals surface area (Å²) < 4.78 is 0. The van der Waals surface area contributed by atoms with Crippen molar-refractivity contribution in [3.8, 4) is 0 Å². The molecule has 2 aromatic rings. The third kappa shape index (κ3) is 1.98. The molecule has 0 bridgehead atoms. The fourth-order valence-electron chi connectivity index (χ4n) is 1.85. The average molecular weight is 227 g/mol. The molecule has 0 aliphatic heterocycles. The van der Waals surface area contributed by atoms with Crippen LogP contribution >= 0.6 is 0 Å². The number of aromatic nitrogens is 2. The highest BCUT2D eigenvalue weighted by molar-refractivity contribution is 6.04. The number of rotatable bonds is 2. The standard InChI is InChI=1S/C13H13N3O/c1-8-14-11-5-3-2-4-10(11)12(15-8)13(17)16-9-6-7-9/h2-5,9H,6-7H2,1H3,(H,16,17). The molecule has 1 aromatic carbocycles. The minimum absolute atomic E-state index is 0.0887. The number of amides is 1. The van der Waals surface area contributed by atoms with Gasteiger partial charge < -0.3 is 5.32 Å². The van der Waals surface area contributed by atoms with Crippen molar-refractivity contribution in [3.63, 3.8) is 0 Å². The Balaban J connectivity index is 2.09. The summed E-state index contributed by atoms with van der Waals surface area (Å²) in [5.74, 6) is 0.541. The van der Waals surface area contributed by atoms with Crippen molar-refractivity contribution in [1.29, 1.82) is 0 Å². The second-order valence-electron chi connectivity index (χ2n) is 4.38. The van der Waals surface area contributed by atoms with E-state index in [1.807, 2.05) is 24.3 Å². The molecule has 4 nitrogen and oxygen atoms in total. The molecule has 4 heteroatoms. The fourth-order valence-corrected chi connectivity index (χ4v) is 1.85. The molecule has 17 heavy (non-hydrogen) atoms. The van der Waals surface area contributed by atoms with Gasteiger partial charge in [-0.25, -0.2) is 9.97 Å². The van der Waals surface area contributed by atoms with Gasteiger partial charge in [-0.1, -0.05) is 18.2 Å². The van der Waals surface area contributed by atoms with Gasteiger partial charge in [0.15, 0.2) is 0 Å². The molecule has 1 fully saturated rings. The maximum absolute atomic E-state index is 12.1. The highest BCUT2D eigenvalue weighted by Gasteiger charge is 2.25. The predicted molar refractivity (Wildman–Crippen MR) is 64.8 cm³/mol. The van der Waals surface area contributed by atoms with Crippen LogP contribution in [0.4, 0.5) is 0 Å². The monoisotopic (exact) mass is 227 g/mol. The van der Waals surface area contributed by atoms with Crippen molar-refractivity contribution in [3.05, 3.63) is 35.8 Å². The quantitative estimate of drug-likeness (QED) is 0.851. The lowest BCUT2D eigenvalue weighted by Crippen LogP contribution is -2.26. The molecule has 0 spiro atoms. The Morgan fingerprint density at radius 3 is 2.82 bits per heavy atom. The van der Waals surface area contributed by atoms with Gasteiger partial charge in [-0.3, -0.25) is 4.79 Å². The van der Waals surface area contributed by atoms with Gasteiger partial charge in [0, 0.05) is 11.4 Å². The van der Waals surface area contributed by atoms with Crippen LogP contribution < -0.4 is 5.32 Å². The van der Waals surface area contributed by atoms with Crippen LogP contribution in [0.25, 0.3) is 10.9 Å². The molecule has 3 rings (SSSR count). The molecule has 1 aliphatic rings. The topological polar surface area (TPSA) is 54.9 Å². The van der Waals surface area contributed by atoms with Crippen molar-refractivity contribution in [2.45, 2.75) is 25.8 Å². The molecular formula is C13H13N3O. The lowest BCUT2D eigenvalue weighted by atomic mass is 10.1. The van der Waals surface area contributed by atoms with E-state index in [1.165, 1.54) is 0 Å². The summed E-state index contributed by atoms with van der Waals surface area (Å²) in [4.78, 5) is 20.6. The number of carbonyl (C=O) groups is 1. The molecular weight excluding hydrogens is 214 g/mol. The van der Waals surface area contributed by atoms with Crippen LogP contribution in [0, 0.1) is 6.92 Å². The van der Waals surface area contributed by atoms with Gasteiger partial charge in [0.05, 0.1) is 5.52 Å². The smallest absolute Gasteiger partial charge is 0.270 e. The van der Waals surface area contributed by atoms with Crippen molar-refractivity contribution in [2.24, 2.45) is 0 Å². The molecule has 1 saturated carbocycles. The van der Waals surface area contributed by atoms with Gasteiger partial charge in [-0.2, -0.15) is 0 Å². The first kappa shape index (κ1) is 10.2. The normalized spacial score (nSPS) is 14.9. The van der Waals surface area contributed by atoms with Crippen LogP contribution in [-0.2, 0) is 0 Å². The zero-order valence-corrected chi connectivity index (χ0v) is 9.60. The van der Waals surface area contributed by atoms with Crippen LogP contribution in [0.3, 0.4) is 0 Å². The van der Waals surface area contributed by atoms with Crippen LogP contribution in [-0.4, -0.2) is 21.9 Å². The summed E-state index contributed by atoms with van der Waals surface area (Å²) in [6, 6.07) is 7.94. The van der Waals surface area contributed by atoms with E-state index in [-0.39, 0.29) is 5.91 Å². The number of hydrogen-bond donors (Lipinski definition) is 1. The van der Waals surface area contributed by atoms with Crippen molar-refractivity contribution < 1.29 is 4.79 Å². The summed E-state index contributed by atoms with van der Waals surface area (Å²) in [7, 11) is 0. The van der Waals surface area contributed by atoms with Gasteiger partial charge in [-0.15, -0.1) is 0 Å². The second-order valence-corrected chi connectivity index (χ2v) is 4.38. The maximum atomic E-state index is 12.1. The molecule has 0 radical (unpaired) electrons. The SMILES string of the molecule is Cc1nc(C(=O)NC2CC2)c2ccccc2n1. The Morgan fingerprint density at radius 1 is 1.29 bits per heavy atom. The number of hydrogen-bond acceptors (Lipinski definition) is 3. The molecule has 1 aromatic heterocycles. The summed E-state index contributed by atoms with van der Waals surface area (Å²) in [5, 5.41) is 3.78. The van der Waals surface area contributed by atoms with E-state index in [0.717, 1.165) is 23.7 Å². The van der Waals surface area contributed by atoms with E-state index in [1.54, 1.807) is 6.92 Å². The van der Waals surface area contributed by atoms with Crippen molar-refractivity contribution >= 4 is 16.8 Å². The predicted octanol–water partition coefficient (Wildman–Crippen LogP) is 1.83.